The smallest absolute Gasteiger partial charge is 0.261 e. The lowest BCUT2D eigenvalue weighted by molar-refractivity contribution is 0.249. The highest BCUT2D eigenvalue weighted by molar-refractivity contribution is 9.10. The molecule has 1 saturated heterocycles. The lowest BCUT2D eigenvalue weighted by atomic mass is 10.1. The number of nitrogens with zero attached hydrogens (tertiary/aromatic N) is 4. The zero-order valence-electron chi connectivity index (χ0n) is 26.7. The van der Waals surface area contributed by atoms with E-state index in [1.165, 1.54) is 10.4 Å². The van der Waals surface area contributed by atoms with Crippen LogP contribution in [0.15, 0.2) is 119 Å². The number of benzene rings is 4. The molecule has 7 nitrogen and oxygen atoms in total. The number of piperazine rings is 1. The first kappa shape index (κ1) is 33.8. The number of aromatic nitrogens is 2. The Morgan fingerprint density at radius 3 is 2.09 bits per heavy atom. The lowest BCUT2D eigenvalue weighted by Crippen LogP contribution is -2.67. The van der Waals surface area contributed by atoms with Gasteiger partial charge in [0.2, 0.25) is 16.0 Å². The van der Waals surface area contributed by atoms with E-state index in [1.807, 2.05) is 30.3 Å². The number of fused-ring (bicyclic) bond motifs is 1. The van der Waals surface area contributed by atoms with Crippen molar-refractivity contribution in [3.63, 3.8) is 0 Å². The Hall–Kier alpha value is -3.12. The van der Waals surface area contributed by atoms with Gasteiger partial charge in [-0.25, -0.2) is 18.4 Å². The molecule has 11 heteroatoms. The van der Waals surface area contributed by atoms with Gasteiger partial charge in [-0.2, -0.15) is 4.31 Å². The van der Waals surface area contributed by atoms with Gasteiger partial charge in [0.05, 0.1) is 9.37 Å². The highest BCUT2D eigenvalue weighted by Gasteiger charge is 2.50. The molecule has 0 bridgehead atoms. The summed E-state index contributed by atoms with van der Waals surface area (Å²) in [7, 11) is -6.55. The van der Waals surface area contributed by atoms with Crippen LogP contribution >= 0.6 is 27.5 Å². The highest BCUT2D eigenvalue weighted by atomic mass is 79.9. The zero-order chi connectivity index (χ0) is 33.2. The molecule has 0 radical (unpaired) electrons. The number of anilines is 1. The maximum absolute atomic E-state index is 14.1. The van der Waals surface area contributed by atoms with Crippen molar-refractivity contribution in [1.29, 1.82) is 0 Å². The third-order valence-corrected chi connectivity index (χ3v) is 16.5. The molecule has 1 atom stereocenters. The summed E-state index contributed by atoms with van der Waals surface area (Å²) in [4.78, 5) is 11.6. The summed E-state index contributed by atoms with van der Waals surface area (Å²) in [6.45, 7) is 8.26. The van der Waals surface area contributed by atoms with E-state index in [-0.39, 0.29) is 22.5 Å². The van der Waals surface area contributed by atoms with Crippen molar-refractivity contribution < 1.29 is 12.8 Å². The van der Waals surface area contributed by atoms with Crippen LogP contribution in [0.25, 0.3) is 10.8 Å². The Morgan fingerprint density at radius 1 is 0.872 bits per heavy atom. The van der Waals surface area contributed by atoms with Crippen molar-refractivity contribution in [2.45, 2.75) is 43.2 Å². The van der Waals surface area contributed by atoms with Crippen molar-refractivity contribution >= 4 is 73.0 Å². The predicted molar refractivity (Wildman–Crippen MR) is 197 cm³/mol. The van der Waals surface area contributed by atoms with Gasteiger partial charge in [-0.3, -0.25) is 0 Å². The lowest BCUT2D eigenvalue weighted by Gasteiger charge is -2.44. The second-order valence-corrected chi connectivity index (χ2v) is 20.5. The van der Waals surface area contributed by atoms with Gasteiger partial charge in [-0.15, -0.1) is 0 Å². The largest absolute Gasteiger partial charge is 0.407 e. The van der Waals surface area contributed by atoms with E-state index in [0.29, 0.717) is 37.1 Å². The average molecular weight is 750 g/mol. The molecule has 244 valence electrons. The van der Waals surface area contributed by atoms with Gasteiger partial charge in [0, 0.05) is 49.7 Å². The van der Waals surface area contributed by atoms with E-state index < -0.39 is 18.3 Å². The molecule has 6 rings (SSSR count). The molecular weight excluding hydrogens is 712 g/mol. The van der Waals surface area contributed by atoms with E-state index in [0.717, 1.165) is 15.2 Å². The second kappa shape index (κ2) is 13.8. The summed E-state index contributed by atoms with van der Waals surface area (Å²) in [5.41, 5.74) is 0. The van der Waals surface area contributed by atoms with Crippen molar-refractivity contribution in [1.82, 2.24) is 14.3 Å². The molecule has 4 aromatic carbocycles. The van der Waals surface area contributed by atoms with Crippen molar-refractivity contribution in [2.75, 3.05) is 31.1 Å². The Labute approximate surface area is 291 Å². The minimum absolute atomic E-state index is 0.174. The number of hydrogen-bond donors (Lipinski definition) is 0. The molecule has 0 spiro atoms. The normalized spacial score (nSPS) is 16.4. The fourth-order valence-electron chi connectivity index (χ4n) is 6.62. The first-order valence-corrected chi connectivity index (χ1v) is 20.2. The van der Waals surface area contributed by atoms with Crippen LogP contribution in [-0.4, -0.2) is 63.3 Å². The van der Waals surface area contributed by atoms with Crippen LogP contribution in [0.3, 0.4) is 0 Å². The summed E-state index contributed by atoms with van der Waals surface area (Å²) >= 11 is 9.61. The standard InChI is InChI=1S/C36H38BrClN4O3SSi/c1-36(2,3)47(33-10-6-4-7-11-33,34-12-8-5-9-13-34)45-21-18-31-26-41(19-20-42(31)35-39-24-29(37)25-40-35)46(43,44)32-17-15-27-22-30(38)16-14-28(27)23-32/h4-17,22-25,31H,18-21,26H2,1-3H3. The van der Waals surface area contributed by atoms with E-state index in [9.17, 15) is 8.42 Å². The van der Waals surface area contributed by atoms with Gasteiger partial charge in [0.1, 0.15) is 0 Å². The summed E-state index contributed by atoms with van der Waals surface area (Å²) < 4.78 is 37.8. The van der Waals surface area contributed by atoms with Gasteiger partial charge >= 0.3 is 0 Å². The fourth-order valence-corrected chi connectivity index (χ4v) is 13.1. The molecular formula is C36H38BrClN4O3SSi. The van der Waals surface area contributed by atoms with Crippen molar-refractivity contribution in [3.8, 4) is 0 Å². The van der Waals surface area contributed by atoms with E-state index in [2.05, 4.69) is 100 Å². The molecule has 47 heavy (non-hydrogen) atoms. The van der Waals surface area contributed by atoms with Crippen LogP contribution in [0.4, 0.5) is 5.95 Å². The molecule has 0 amide bonds. The van der Waals surface area contributed by atoms with Gasteiger partial charge in [-0.1, -0.05) is 105 Å². The SMILES string of the molecule is CC(C)(C)[Si](OCCC1CN(S(=O)(=O)c2ccc3cc(Cl)ccc3c2)CCN1c1ncc(Br)cn1)(c1ccccc1)c1ccccc1. The summed E-state index contributed by atoms with van der Waals surface area (Å²) in [5, 5.41) is 4.57. The molecule has 1 fully saturated rings. The first-order chi connectivity index (χ1) is 22.5. The second-order valence-electron chi connectivity index (χ2n) is 12.9. The van der Waals surface area contributed by atoms with Gasteiger partial charge in [0.25, 0.3) is 8.32 Å². The molecule has 2 heterocycles. The topological polar surface area (TPSA) is 75.6 Å². The van der Waals surface area contributed by atoms with Crippen LogP contribution < -0.4 is 15.3 Å². The maximum Gasteiger partial charge on any atom is 0.261 e. The minimum atomic E-state index is -3.78. The zero-order valence-corrected chi connectivity index (χ0v) is 30.8. The Bertz CT molecular complexity index is 1910. The van der Waals surface area contributed by atoms with Crippen molar-refractivity contribution in [2.24, 2.45) is 0 Å². The van der Waals surface area contributed by atoms with Crippen LogP contribution in [-0.2, 0) is 14.4 Å². The van der Waals surface area contributed by atoms with Gasteiger partial charge < -0.3 is 9.33 Å². The number of hydrogen-bond acceptors (Lipinski definition) is 6. The molecule has 0 saturated carbocycles. The molecule has 1 aromatic heterocycles. The third kappa shape index (κ3) is 6.90. The monoisotopic (exact) mass is 748 g/mol. The summed E-state index contributed by atoms with van der Waals surface area (Å²) in [6.07, 6.45) is 4.04. The minimum Gasteiger partial charge on any atom is -0.407 e. The van der Waals surface area contributed by atoms with Gasteiger partial charge in [-0.05, 0) is 72.8 Å². The van der Waals surface area contributed by atoms with Crippen LogP contribution in [0, 0.1) is 0 Å². The van der Waals surface area contributed by atoms with Crippen LogP contribution in [0.1, 0.15) is 27.2 Å². The van der Waals surface area contributed by atoms with E-state index in [4.69, 9.17) is 16.0 Å². The van der Waals surface area contributed by atoms with E-state index >= 15 is 0 Å². The quantitative estimate of drug-likeness (QED) is 0.153. The number of halogens is 2. The first-order valence-electron chi connectivity index (χ1n) is 15.7. The number of sulfonamides is 1. The number of rotatable bonds is 9. The van der Waals surface area contributed by atoms with E-state index in [1.54, 1.807) is 34.9 Å². The Morgan fingerprint density at radius 2 is 1.47 bits per heavy atom. The summed E-state index contributed by atoms with van der Waals surface area (Å²) in [5.74, 6) is 0.572. The molecule has 0 N–H and O–H groups in total. The third-order valence-electron chi connectivity index (χ3n) is 8.91. The molecule has 1 aliphatic heterocycles. The molecule has 1 aliphatic rings. The van der Waals surface area contributed by atoms with Gasteiger partial charge in [0.15, 0.2) is 0 Å². The average Bonchev–Trinajstić information content (AvgIpc) is 3.07. The molecule has 1 unspecified atom stereocenters. The summed E-state index contributed by atoms with van der Waals surface area (Å²) in [6, 6.07) is 31.6. The highest BCUT2D eigenvalue weighted by Crippen LogP contribution is 2.37. The van der Waals surface area contributed by atoms with Crippen LogP contribution in [0.2, 0.25) is 10.1 Å². The molecule has 5 aromatic rings. The Kier molecular flexibility index (Phi) is 9.90. The predicted octanol–water partition coefficient (Wildman–Crippen LogP) is 6.89. The molecule has 0 aliphatic carbocycles. The van der Waals surface area contributed by atoms with Crippen LogP contribution in [0.5, 0.6) is 0 Å². The van der Waals surface area contributed by atoms with Crippen molar-refractivity contribution in [3.05, 3.63) is 119 Å². The fraction of sp³-hybridized carbons (Fsp3) is 0.278. The maximum atomic E-state index is 14.1. The Balaban J connectivity index is 1.31.